The van der Waals surface area contributed by atoms with Crippen molar-refractivity contribution in [2.24, 2.45) is 0 Å². The molecule has 0 aliphatic carbocycles. The summed E-state index contributed by atoms with van der Waals surface area (Å²) in [6.07, 6.45) is 1.05. The number of carbonyl (C=O) groups is 2. The predicted molar refractivity (Wildman–Crippen MR) is 113 cm³/mol. The van der Waals surface area contributed by atoms with Crippen molar-refractivity contribution in [2.45, 2.75) is 30.3 Å². The number of hydrogen-bond acceptors (Lipinski definition) is 5. The monoisotopic (exact) mass is 493 g/mol. The van der Waals surface area contributed by atoms with Gasteiger partial charge in [-0.25, -0.2) is 8.42 Å². The zero-order valence-electron chi connectivity index (χ0n) is 15.9. The van der Waals surface area contributed by atoms with Crippen LogP contribution < -0.4 is 15.4 Å². The Morgan fingerprint density at radius 1 is 1.27 bits per heavy atom. The van der Waals surface area contributed by atoms with Crippen molar-refractivity contribution < 1.29 is 22.7 Å². The van der Waals surface area contributed by atoms with Gasteiger partial charge in [-0.05, 0) is 48.7 Å². The van der Waals surface area contributed by atoms with Gasteiger partial charge >= 0.3 is 0 Å². The first-order valence-electron chi connectivity index (χ1n) is 9.45. The van der Waals surface area contributed by atoms with Crippen LogP contribution in [0.3, 0.4) is 0 Å². The Kier molecular flexibility index (Phi) is 5.81. The fraction of sp³-hybridized carbons (Fsp3) is 0.300. The molecule has 0 spiro atoms. The van der Waals surface area contributed by atoms with Crippen molar-refractivity contribution in [3.63, 3.8) is 0 Å². The van der Waals surface area contributed by atoms with E-state index in [1.165, 1.54) is 22.5 Å². The van der Waals surface area contributed by atoms with Gasteiger partial charge in [0, 0.05) is 17.6 Å². The molecular weight excluding hydrogens is 474 g/mol. The molecule has 158 valence electrons. The van der Waals surface area contributed by atoms with Gasteiger partial charge in [0.25, 0.3) is 5.91 Å². The van der Waals surface area contributed by atoms with Crippen molar-refractivity contribution >= 4 is 43.5 Å². The maximum atomic E-state index is 13.2. The Balaban J connectivity index is 1.51. The number of nitrogens with zero attached hydrogens (tertiary/aromatic N) is 1. The number of nitrogens with one attached hydrogen (secondary N) is 2. The number of benzene rings is 2. The number of rotatable bonds is 5. The molecule has 8 nitrogen and oxygen atoms in total. The zero-order chi connectivity index (χ0) is 21.3. The van der Waals surface area contributed by atoms with Gasteiger partial charge in [0.15, 0.2) is 6.61 Å². The van der Waals surface area contributed by atoms with Gasteiger partial charge in [-0.1, -0.05) is 28.1 Å². The van der Waals surface area contributed by atoms with E-state index in [-0.39, 0.29) is 29.9 Å². The van der Waals surface area contributed by atoms with E-state index in [2.05, 4.69) is 26.6 Å². The summed E-state index contributed by atoms with van der Waals surface area (Å²) in [5.74, 6) is -0.257. The summed E-state index contributed by atoms with van der Waals surface area (Å²) >= 11 is 3.39. The van der Waals surface area contributed by atoms with Crippen LogP contribution in [0.4, 0.5) is 5.69 Å². The average molecular weight is 494 g/mol. The Morgan fingerprint density at radius 2 is 2.10 bits per heavy atom. The second-order valence-electron chi connectivity index (χ2n) is 7.12. The molecule has 2 aromatic rings. The molecule has 2 aliphatic heterocycles. The first kappa shape index (κ1) is 20.8. The van der Waals surface area contributed by atoms with E-state index in [9.17, 15) is 18.0 Å². The van der Waals surface area contributed by atoms with Gasteiger partial charge in [0.05, 0.1) is 10.6 Å². The fourth-order valence-corrected chi connectivity index (χ4v) is 5.73. The molecule has 2 heterocycles. The quantitative estimate of drug-likeness (QED) is 0.664. The lowest BCUT2D eigenvalue weighted by molar-refractivity contribution is -0.124. The number of fused-ring (bicyclic) bond motifs is 1. The van der Waals surface area contributed by atoms with Crippen LogP contribution in [0, 0.1) is 0 Å². The van der Waals surface area contributed by atoms with Crippen LogP contribution in [-0.4, -0.2) is 43.7 Å². The van der Waals surface area contributed by atoms with Gasteiger partial charge in [-0.15, -0.1) is 0 Å². The Hall–Kier alpha value is -2.43. The molecule has 2 amide bonds. The molecule has 2 aliphatic rings. The molecule has 10 heteroatoms. The summed E-state index contributed by atoms with van der Waals surface area (Å²) in [5, 5.41) is 5.44. The second-order valence-corrected chi connectivity index (χ2v) is 9.92. The smallest absolute Gasteiger partial charge is 0.262 e. The minimum atomic E-state index is -3.92. The third-order valence-electron chi connectivity index (χ3n) is 5.05. The van der Waals surface area contributed by atoms with Crippen LogP contribution in [-0.2, 0) is 26.2 Å². The highest BCUT2D eigenvalue weighted by Crippen LogP contribution is 2.33. The van der Waals surface area contributed by atoms with E-state index in [0.29, 0.717) is 30.8 Å². The molecule has 1 saturated heterocycles. The minimum absolute atomic E-state index is 0.0127. The lowest BCUT2D eigenvalue weighted by Gasteiger charge is -2.24. The van der Waals surface area contributed by atoms with Gasteiger partial charge in [0.2, 0.25) is 15.9 Å². The molecule has 1 atom stereocenters. The maximum absolute atomic E-state index is 13.2. The minimum Gasteiger partial charge on any atom is -0.482 e. The number of amides is 2. The number of ether oxygens (including phenoxy) is 1. The summed E-state index contributed by atoms with van der Waals surface area (Å²) in [6, 6.07) is 11.1. The Morgan fingerprint density at radius 3 is 2.90 bits per heavy atom. The van der Waals surface area contributed by atoms with Crippen LogP contribution in [0.2, 0.25) is 0 Å². The SMILES string of the molecule is O=C1COc2ccc(S(=O)(=O)N3CCC[C@@H]3C(=O)NCc3cccc(Br)c3)cc2N1. The highest BCUT2D eigenvalue weighted by molar-refractivity contribution is 9.10. The molecule has 30 heavy (non-hydrogen) atoms. The molecule has 0 aromatic heterocycles. The van der Waals surface area contributed by atoms with Gasteiger partial charge in [0.1, 0.15) is 11.8 Å². The summed E-state index contributed by atoms with van der Waals surface area (Å²) in [5.41, 5.74) is 1.22. The molecule has 0 radical (unpaired) electrons. The first-order valence-corrected chi connectivity index (χ1v) is 11.7. The number of sulfonamides is 1. The third kappa shape index (κ3) is 4.21. The summed E-state index contributed by atoms with van der Waals surface area (Å²) in [6.45, 7) is 0.466. The van der Waals surface area contributed by atoms with Crippen LogP contribution in [0.25, 0.3) is 0 Å². The van der Waals surface area contributed by atoms with E-state index in [1.807, 2.05) is 24.3 Å². The normalized spacial score (nSPS) is 19.0. The first-order chi connectivity index (χ1) is 14.3. The van der Waals surface area contributed by atoms with Crippen LogP contribution >= 0.6 is 15.9 Å². The number of hydrogen-bond donors (Lipinski definition) is 2. The second kappa shape index (κ2) is 8.37. The number of halogens is 1. The average Bonchev–Trinajstić information content (AvgIpc) is 3.22. The topological polar surface area (TPSA) is 105 Å². The van der Waals surface area contributed by atoms with E-state index < -0.39 is 16.1 Å². The van der Waals surface area contributed by atoms with Gasteiger partial charge in [-0.2, -0.15) is 4.31 Å². The molecular formula is C20H20BrN3O5S. The lowest BCUT2D eigenvalue weighted by atomic mass is 10.2. The molecule has 0 bridgehead atoms. The lowest BCUT2D eigenvalue weighted by Crippen LogP contribution is -2.45. The maximum Gasteiger partial charge on any atom is 0.262 e. The summed E-state index contributed by atoms with van der Waals surface area (Å²) in [4.78, 5) is 24.3. The van der Waals surface area contributed by atoms with Crippen molar-refractivity contribution in [1.29, 1.82) is 0 Å². The third-order valence-corrected chi connectivity index (χ3v) is 7.45. The number of anilines is 1. The molecule has 0 saturated carbocycles. The van der Waals surface area contributed by atoms with Gasteiger partial charge < -0.3 is 15.4 Å². The highest BCUT2D eigenvalue weighted by Gasteiger charge is 2.39. The molecule has 4 rings (SSSR count). The fourth-order valence-electron chi connectivity index (χ4n) is 3.60. The van der Waals surface area contributed by atoms with E-state index in [4.69, 9.17) is 4.74 Å². The Labute approximate surface area is 182 Å². The summed E-state index contributed by atoms with van der Waals surface area (Å²) < 4.78 is 33.9. The Bertz CT molecular complexity index is 1110. The van der Waals surface area contributed by atoms with Crippen molar-refractivity contribution in [1.82, 2.24) is 9.62 Å². The molecule has 2 N–H and O–H groups in total. The largest absolute Gasteiger partial charge is 0.482 e. The summed E-state index contributed by atoms with van der Waals surface area (Å²) in [7, 11) is -3.92. The van der Waals surface area contributed by atoms with Crippen LogP contribution in [0.1, 0.15) is 18.4 Å². The van der Waals surface area contributed by atoms with Crippen molar-refractivity contribution in [3.8, 4) is 5.75 Å². The van der Waals surface area contributed by atoms with Gasteiger partial charge in [-0.3, -0.25) is 9.59 Å². The highest BCUT2D eigenvalue weighted by atomic mass is 79.9. The van der Waals surface area contributed by atoms with Crippen LogP contribution in [0.5, 0.6) is 5.75 Å². The standard InChI is InChI=1S/C20H20BrN3O5S/c21-14-4-1-3-13(9-14)11-22-20(26)17-5-2-8-24(17)30(27,28)15-6-7-18-16(10-15)23-19(25)12-29-18/h1,3-4,6-7,9-10,17H,2,5,8,11-12H2,(H,22,26)(H,23,25)/t17-/m1/s1. The predicted octanol–water partition coefficient (Wildman–Crippen LogP) is 2.25. The van der Waals surface area contributed by atoms with E-state index in [1.54, 1.807) is 0 Å². The van der Waals surface area contributed by atoms with Crippen molar-refractivity contribution in [2.75, 3.05) is 18.5 Å². The van der Waals surface area contributed by atoms with Crippen LogP contribution in [0.15, 0.2) is 51.8 Å². The molecule has 0 unspecified atom stereocenters. The number of carbonyl (C=O) groups excluding carboxylic acids is 2. The van der Waals surface area contributed by atoms with E-state index in [0.717, 1.165) is 10.0 Å². The van der Waals surface area contributed by atoms with E-state index >= 15 is 0 Å². The zero-order valence-corrected chi connectivity index (χ0v) is 18.3. The molecule has 2 aromatic carbocycles. The molecule has 1 fully saturated rings. The van der Waals surface area contributed by atoms with Crippen molar-refractivity contribution in [3.05, 3.63) is 52.5 Å².